The number of rotatable bonds is 5. The number of hydrogen-bond donors (Lipinski definition) is 2. The Kier molecular flexibility index (Phi) is 4.60. The first-order valence-electron chi connectivity index (χ1n) is 10.1. The van der Waals surface area contributed by atoms with E-state index in [1.807, 2.05) is 43.3 Å². The van der Waals surface area contributed by atoms with Crippen molar-refractivity contribution >= 4 is 21.8 Å². The second-order valence-corrected chi connectivity index (χ2v) is 7.71. The number of H-pyrrole nitrogens is 1. The summed E-state index contributed by atoms with van der Waals surface area (Å²) in [5.41, 5.74) is 12.3. The summed E-state index contributed by atoms with van der Waals surface area (Å²) in [6, 6.07) is 20.3. The molecule has 2 heterocycles. The SMILES string of the molecule is Cc1ccccc1-c1c(F)c2c3cn[nH]c3ccc2n1Cc1ccc(CCN)cc1. The molecule has 0 radical (unpaired) electrons. The second-order valence-electron chi connectivity index (χ2n) is 7.71. The number of aromatic nitrogens is 3. The van der Waals surface area contributed by atoms with Crippen molar-refractivity contribution in [2.45, 2.75) is 19.9 Å². The van der Waals surface area contributed by atoms with E-state index in [4.69, 9.17) is 5.73 Å². The maximum Gasteiger partial charge on any atom is 0.157 e. The van der Waals surface area contributed by atoms with Gasteiger partial charge in [-0.05, 0) is 48.7 Å². The number of nitrogens with zero attached hydrogens (tertiary/aromatic N) is 2. The van der Waals surface area contributed by atoms with Crippen LogP contribution in [0.25, 0.3) is 33.1 Å². The Hall–Kier alpha value is -3.44. The number of halogens is 1. The number of nitrogens with one attached hydrogen (secondary N) is 1. The maximum absolute atomic E-state index is 16.0. The van der Waals surface area contributed by atoms with Crippen LogP contribution >= 0.6 is 0 Å². The maximum atomic E-state index is 16.0. The van der Waals surface area contributed by atoms with Crippen molar-refractivity contribution < 1.29 is 4.39 Å². The van der Waals surface area contributed by atoms with Gasteiger partial charge >= 0.3 is 0 Å². The third-order valence-electron chi connectivity index (χ3n) is 5.79. The third kappa shape index (κ3) is 2.99. The van der Waals surface area contributed by atoms with Crippen LogP contribution in [0, 0.1) is 12.7 Å². The molecule has 5 rings (SSSR count). The number of nitrogens with two attached hydrogens (primary N) is 1. The van der Waals surface area contributed by atoms with Gasteiger partial charge in [0.2, 0.25) is 0 Å². The van der Waals surface area contributed by atoms with Crippen LogP contribution in [0.15, 0.2) is 66.9 Å². The third-order valence-corrected chi connectivity index (χ3v) is 5.79. The first-order chi connectivity index (χ1) is 14.7. The Morgan fingerprint density at radius 1 is 1.00 bits per heavy atom. The fourth-order valence-corrected chi connectivity index (χ4v) is 4.25. The number of aryl methyl sites for hydroxylation is 1. The van der Waals surface area contributed by atoms with Crippen LogP contribution < -0.4 is 5.73 Å². The molecule has 150 valence electrons. The molecule has 3 N–H and O–H groups in total. The van der Waals surface area contributed by atoms with E-state index < -0.39 is 0 Å². The van der Waals surface area contributed by atoms with Crippen LogP contribution in [0.5, 0.6) is 0 Å². The van der Waals surface area contributed by atoms with Crippen LogP contribution in [-0.4, -0.2) is 21.3 Å². The van der Waals surface area contributed by atoms with Crippen molar-refractivity contribution in [3.8, 4) is 11.3 Å². The molecular weight excluding hydrogens is 375 g/mol. The van der Waals surface area contributed by atoms with Crippen LogP contribution in [0.3, 0.4) is 0 Å². The van der Waals surface area contributed by atoms with E-state index in [0.29, 0.717) is 24.2 Å². The lowest BCUT2D eigenvalue weighted by molar-refractivity contribution is 0.635. The lowest BCUT2D eigenvalue weighted by Gasteiger charge is -2.13. The Morgan fingerprint density at radius 3 is 2.53 bits per heavy atom. The minimum Gasteiger partial charge on any atom is -0.333 e. The highest BCUT2D eigenvalue weighted by Crippen LogP contribution is 2.37. The lowest BCUT2D eigenvalue weighted by atomic mass is 10.0. The quantitative estimate of drug-likeness (QED) is 0.428. The molecule has 30 heavy (non-hydrogen) atoms. The number of hydrogen-bond acceptors (Lipinski definition) is 2. The average molecular weight is 398 g/mol. The van der Waals surface area contributed by atoms with E-state index >= 15 is 4.39 Å². The van der Waals surface area contributed by atoms with Crippen molar-refractivity contribution in [3.63, 3.8) is 0 Å². The molecule has 0 bridgehead atoms. The highest BCUT2D eigenvalue weighted by Gasteiger charge is 2.22. The molecule has 0 amide bonds. The van der Waals surface area contributed by atoms with Gasteiger partial charge in [-0.25, -0.2) is 4.39 Å². The topological polar surface area (TPSA) is 59.6 Å². The summed E-state index contributed by atoms with van der Waals surface area (Å²) in [6.45, 7) is 3.23. The Balaban J connectivity index is 1.74. The summed E-state index contributed by atoms with van der Waals surface area (Å²) in [5, 5.41) is 8.49. The van der Waals surface area contributed by atoms with Gasteiger partial charge in [0, 0.05) is 22.9 Å². The summed E-state index contributed by atoms with van der Waals surface area (Å²) in [5.74, 6) is -0.203. The summed E-state index contributed by atoms with van der Waals surface area (Å²) in [7, 11) is 0. The molecule has 0 atom stereocenters. The smallest absolute Gasteiger partial charge is 0.157 e. The van der Waals surface area contributed by atoms with Gasteiger partial charge in [0.15, 0.2) is 5.82 Å². The monoisotopic (exact) mass is 398 g/mol. The van der Waals surface area contributed by atoms with E-state index in [1.54, 1.807) is 6.20 Å². The molecule has 4 nitrogen and oxygen atoms in total. The average Bonchev–Trinajstić information content (AvgIpc) is 3.33. The molecule has 0 spiro atoms. The zero-order valence-corrected chi connectivity index (χ0v) is 16.8. The first kappa shape index (κ1) is 18.6. The summed E-state index contributed by atoms with van der Waals surface area (Å²) in [4.78, 5) is 0. The van der Waals surface area contributed by atoms with Crippen molar-refractivity contribution in [2.75, 3.05) is 6.54 Å². The molecule has 0 saturated carbocycles. The van der Waals surface area contributed by atoms with Crippen LogP contribution in [0.2, 0.25) is 0 Å². The largest absolute Gasteiger partial charge is 0.333 e. The minimum absolute atomic E-state index is 0.203. The highest BCUT2D eigenvalue weighted by atomic mass is 19.1. The normalized spacial score (nSPS) is 11.6. The van der Waals surface area contributed by atoms with Crippen LogP contribution in [0.1, 0.15) is 16.7 Å². The summed E-state index contributed by atoms with van der Waals surface area (Å²) >= 11 is 0. The van der Waals surface area contributed by atoms with Gasteiger partial charge in [-0.15, -0.1) is 0 Å². The first-order valence-corrected chi connectivity index (χ1v) is 10.1. The lowest BCUT2D eigenvalue weighted by Crippen LogP contribution is -2.05. The fourth-order valence-electron chi connectivity index (χ4n) is 4.25. The van der Waals surface area contributed by atoms with Gasteiger partial charge in [-0.1, -0.05) is 48.5 Å². The van der Waals surface area contributed by atoms with Gasteiger partial charge in [-0.2, -0.15) is 5.10 Å². The zero-order valence-electron chi connectivity index (χ0n) is 16.8. The van der Waals surface area contributed by atoms with Crippen molar-refractivity contribution in [1.82, 2.24) is 14.8 Å². The van der Waals surface area contributed by atoms with Crippen molar-refractivity contribution in [2.24, 2.45) is 5.73 Å². The molecule has 3 aromatic carbocycles. The molecule has 0 fully saturated rings. The second kappa shape index (κ2) is 7.43. The van der Waals surface area contributed by atoms with Gasteiger partial charge in [0.25, 0.3) is 0 Å². The van der Waals surface area contributed by atoms with Crippen molar-refractivity contribution in [1.29, 1.82) is 0 Å². The number of fused-ring (bicyclic) bond motifs is 3. The standard InChI is InChI=1S/C25H23FN4/c1-16-4-2-3-5-19(16)25-24(26)23-20-14-28-29-21(20)10-11-22(23)30(25)15-18-8-6-17(7-9-18)12-13-27/h2-11,14H,12-13,15,27H2,1H3,(H,28,29). The van der Waals surface area contributed by atoms with Gasteiger partial charge in [0.1, 0.15) is 0 Å². The Bertz CT molecular complexity index is 1350. The molecule has 2 aromatic heterocycles. The number of aromatic amines is 1. The van der Waals surface area contributed by atoms with E-state index in [9.17, 15) is 0 Å². The molecule has 0 unspecified atom stereocenters. The predicted molar refractivity (Wildman–Crippen MR) is 120 cm³/mol. The molecule has 0 aliphatic carbocycles. The molecule has 0 saturated heterocycles. The van der Waals surface area contributed by atoms with E-state index in [0.717, 1.165) is 39.5 Å². The van der Waals surface area contributed by atoms with Gasteiger partial charge in [0.05, 0.1) is 22.9 Å². The Labute approximate surface area is 174 Å². The Morgan fingerprint density at radius 2 is 1.77 bits per heavy atom. The van der Waals surface area contributed by atoms with Crippen LogP contribution in [0.4, 0.5) is 4.39 Å². The highest BCUT2D eigenvalue weighted by molar-refractivity contribution is 6.07. The predicted octanol–water partition coefficient (Wildman–Crippen LogP) is 5.18. The fraction of sp³-hybridized carbons (Fsp3) is 0.160. The molecule has 5 aromatic rings. The molecular formula is C25H23FN4. The van der Waals surface area contributed by atoms with E-state index in [-0.39, 0.29) is 5.82 Å². The van der Waals surface area contributed by atoms with E-state index in [2.05, 4.69) is 39.0 Å². The van der Waals surface area contributed by atoms with Gasteiger partial charge in [-0.3, -0.25) is 5.10 Å². The van der Waals surface area contributed by atoms with E-state index in [1.165, 1.54) is 5.56 Å². The minimum atomic E-state index is -0.203. The van der Waals surface area contributed by atoms with Gasteiger partial charge < -0.3 is 10.3 Å². The van der Waals surface area contributed by atoms with Crippen molar-refractivity contribution in [3.05, 3.63) is 89.4 Å². The molecule has 5 heteroatoms. The summed E-state index contributed by atoms with van der Waals surface area (Å²) in [6.07, 6.45) is 2.56. The number of benzene rings is 3. The summed E-state index contributed by atoms with van der Waals surface area (Å²) < 4.78 is 18.0. The van der Waals surface area contributed by atoms with Crippen LogP contribution in [-0.2, 0) is 13.0 Å². The molecule has 0 aliphatic heterocycles. The molecule has 0 aliphatic rings. The zero-order chi connectivity index (χ0) is 20.7.